The third kappa shape index (κ3) is 3.82. The Labute approximate surface area is 57.0 Å². The van der Waals surface area contributed by atoms with E-state index in [0.717, 1.165) is 0 Å². The molecule has 1 atom stereocenters. The Morgan fingerprint density at radius 2 is 2.40 bits per heavy atom. The van der Waals surface area contributed by atoms with Gasteiger partial charge in [0.25, 0.3) is 0 Å². The van der Waals surface area contributed by atoms with Gasteiger partial charge in [-0.1, -0.05) is 0 Å². The highest BCUT2D eigenvalue weighted by atomic mass is 19.1. The third-order valence-electron chi connectivity index (χ3n) is 0.911. The summed E-state index contributed by atoms with van der Waals surface area (Å²) in [7, 11) is 0. The smallest absolute Gasteiger partial charge is 0.305 e. The van der Waals surface area contributed by atoms with Crippen LogP contribution in [0, 0.1) is 0 Å². The van der Waals surface area contributed by atoms with Gasteiger partial charge in [0.15, 0.2) is 0 Å². The number of halogens is 1. The molecule has 1 unspecified atom stereocenters. The van der Waals surface area contributed by atoms with Crippen molar-refractivity contribution in [2.45, 2.75) is 12.5 Å². The number of rotatable bonds is 5. The molecule has 10 heavy (non-hydrogen) atoms. The first kappa shape index (κ1) is 8.87. The van der Waals surface area contributed by atoms with E-state index in [1.165, 1.54) is 0 Å². The van der Waals surface area contributed by atoms with Crippen molar-refractivity contribution in [1.82, 2.24) is 5.32 Å². The summed E-state index contributed by atoms with van der Waals surface area (Å²) in [5.41, 5.74) is 0. The molecule has 0 aliphatic heterocycles. The summed E-state index contributed by atoms with van der Waals surface area (Å²) in [6, 6.07) is -0.894. The number of alkyl halides is 1. The van der Waals surface area contributed by atoms with Crippen LogP contribution in [-0.2, 0) is 9.59 Å². The van der Waals surface area contributed by atoms with Crippen molar-refractivity contribution < 1.29 is 19.1 Å². The van der Waals surface area contributed by atoms with Crippen LogP contribution >= 0.6 is 0 Å². The monoisotopic (exact) mass is 149 g/mol. The SMILES string of the molecule is O=CNC(CF)CC(=O)O. The van der Waals surface area contributed by atoms with Gasteiger partial charge in [-0.15, -0.1) is 0 Å². The lowest BCUT2D eigenvalue weighted by atomic mass is 10.2. The average Bonchev–Trinajstić information content (AvgIpc) is 1.86. The fraction of sp³-hybridized carbons (Fsp3) is 0.600. The zero-order valence-electron chi connectivity index (χ0n) is 5.21. The average molecular weight is 149 g/mol. The molecule has 0 fully saturated rings. The van der Waals surface area contributed by atoms with Gasteiger partial charge in [-0.05, 0) is 0 Å². The second kappa shape index (κ2) is 4.72. The second-order valence-electron chi connectivity index (χ2n) is 1.73. The molecular formula is C5H8FNO3. The molecule has 2 N–H and O–H groups in total. The molecule has 0 aliphatic rings. The summed E-state index contributed by atoms with van der Waals surface area (Å²) in [4.78, 5) is 19.6. The first-order valence-electron chi connectivity index (χ1n) is 2.68. The number of nitrogens with one attached hydrogen (secondary N) is 1. The first-order chi connectivity index (χ1) is 4.70. The molecule has 0 spiro atoms. The van der Waals surface area contributed by atoms with Gasteiger partial charge in [0.2, 0.25) is 6.41 Å². The van der Waals surface area contributed by atoms with Crippen molar-refractivity contribution in [1.29, 1.82) is 0 Å². The van der Waals surface area contributed by atoms with Gasteiger partial charge in [0.1, 0.15) is 6.67 Å². The lowest BCUT2D eigenvalue weighted by Gasteiger charge is -2.06. The van der Waals surface area contributed by atoms with E-state index in [0.29, 0.717) is 0 Å². The predicted molar refractivity (Wildman–Crippen MR) is 31.2 cm³/mol. The summed E-state index contributed by atoms with van der Waals surface area (Å²) in [5, 5.41) is 10.1. The highest BCUT2D eigenvalue weighted by molar-refractivity contribution is 5.68. The molecule has 0 saturated heterocycles. The molecule has 0 radical (unpaired) electrons. The van der Waals surface area contributed by atoms with Crippen LogP contribution in [0.15, 0.2) is 0 Å². The maximum Gasteiger partial charge on any atom is 0.305 e. The number of hydrogen-bond acceptors (Lipinski definition) is 2. The maximum atomic E-state index is 11.7. The molecular weight excluding hydrogens is 141 g/mol. The van der Waals surface area contributed by atoms with Gasteiger partial charge in [0.05, 0.1) is 12.5 Å². The standard InChI is InChI=1S/C5H8FNO3/c6-2-4(7-3-8)1-5(9)10/h3-4H,1-2H2,(H,7,8)(H,9,10). The van der Waals surface area contributed by atoms with Crippen LogP contribution in [0.3, 0.4) is 0 Å². The summed E-state index contributed by atoms with van der Waals surface area (Å²) in [5.74, 6) is -1.13. The molecule has 0 aromatic carbocycles. The number of aliphatic carboxylic acids is 1. The minimum atomic E-state index is -1.13. The lowest BCUT2D eigenvalue weighted by Crippen LogP contribution is -2.31. The summed E-state index contributed by atoms with van der Waals surface area (Å²) >= 11 is 0. The number of carbonyl (C=O) groups is 2. The topological polar surface area (TPSA) is 66.4 Å². The Morgan fingerprint density at radius 3 is 2.70 bits per heavy atom. The lowest BCUT2D eigenvalue weighted by molar-refractivity contribution is -0.137. The van der Waals surface area contributed by atoms with E-state index in [9.17, 15) is 14.0 Å². The molecule has 1 amide bonds. The van der Waals surface area contributed by atoms with Crippen LogP contribution in [0.1, 0.15) is 6.42 Å². The minimum Gasteiger partial charge on any atom is -0.481 e. The number of hydrogen-bond donors (Lipinski definition) is 2. The summed E-state index contributed by atoms with van der Waals surface area (Å²) < 4.78 is 11.7. The first-order valence-corrected chi connectivity index (χ1v) is 2.68. The number of carbonyl (C=O) groups excluding carboxylic acids is 1. The van der Waals surface area contributed by atoms with E-state index < -0.39 is 18.7 Å². The van der Waals surface area contributed by atoms with E-state index in [4.69, 9.17) is 5.11 Å². The molecule has 0 bridgehead atoms. The summed E-state index contributed by atoms with van der Waals surface area (Å²) in [6.07, 6.45) is -0.0948. The maximum absolute atomic E-state index is 11.7. The van der Waals surface area contributed by atoms with E-state index in [1.54, 1.807) is 0 Å². The largest absolute Gasteiger partial charge is 0.481 e. The van der Waals surface area contributed by atoms with Gasteiger partial charge in [-0.3, -0.25) is 9.59 Å². The van der Waals surface area contributed by atoms with Crippen LogP contribution in [0.2, 0.25) is 0 Å². The minimum absolute atomic E-state index is 0.285. The number of carboxylic acid groups (broad SMARTS) is 1. The van der Waals surface area contributed by atoms with Crippen molar-refractivity contribution >= 4 is 12.4 Å². The number of amides is 1. The van der Waals surface area contributed by atoms with Crippen LogP contribution in [0.5, 0.6) is 0 Å². The zero-order valence-corrected chi connectivity index (χ0v) is 5.21. The Hall–Kier alpha value is -1.13. The molecule has 0 aromatic heterocycles. The van der Waals surface area contributed by atoms with Crippen molar-refractivity contribution in [2.75, 3.05) is 6.67 Å². The fourth-order valence-electron chi connectivity index (χ4n) is 0.465. The second-order valence-corrected chi connectivity index (χ2v) is 1.73. The van der Waals surface area contributed by atoms with Gasteiger partial charge < -0.3 is 10.4 Å². The van der Waals surface area contributed by atoms with Crippen LogP contribution in [0.4, 0.5) is 4.39 Å². The van der Waals surface area contributed by atoms with Crippen molar-refractivity contribution in [3.8, 4) is 0 Å². The Morgan fingerprint density at radius 1 is 1.80 bits per heavy atom. The van der Waals surface area contributed by atoms with Crippen LogP contribution in [0.25, 0.3) is 0 Å². The highest BCUT2D eigenvalue weighted by Crippen LogP contribution is 1.90. The van der Waals surface area contributed by atoms with E-state index in [2.05, 4.69) is 0 Å². The molecule has 0 saturated carbocycles. The van der Waals surface area contributed by atoms with Gasteiger partial charge in [0, 0.05) is 0 Å². The molecule has 58 valence electrons. The van der Waals surface area contributed by atoms with Crippen molar-refractivity contribution in [3.05, 3.63) is 0 Å². The summed E-state index contributed by atoms with van der Waals surface area (Å²) in [6.45, 7) is -0.856. The normalized spacial score (nSPS) is 12.1. The molecule has 4 nitrogen and oxygen atoms in total. The molecule has 5 heteroatoms. The molecule has 0 aromatic rings. The van der Waals surface area contributed by atoms with Gasteiger partial charge in [-0.25, -0.2) is 4.39 Å². The third-order valence-corrected chi connectivity index (χ3v) is 0.911. The predicted octanol–water partition coefficient (Wildman–Crippen LogP) is -0.455. The Kier molecular flexibility index (Phi) is 4.19. The van der Waals surface area contributed by atoms with Gasteiger partial charge >= 0.3 is 5.97 Å². The number of carboxylic acids is 1. The quantitative estimate of drug-likeness (QED) is 0.520. The van der Waals surface area contributed by atoms with E-state index >= 15 is 0 Å². The van der Waals surface area contributed by atoms with E-state index in [1.807, 2.05) is 5.32 Å². The van der Waals surface area contributed by atoms with E-state index in [-0.39, 0.29) is 12.8 Å². The zero-order chi connectivity index (χ0) is 7.98. The van der Waals surface area contributed by atoms with Crippen LogP contribution in [-0.4, -0.2) is 30.2 Å². The highest BCUT2D eigenvalue weighted by Gasteiger charge is 2.10. The fourth-order valence-corrected chi connectivity index (χ4v) is 0.465. The van der Waals surface area contributed by atoms with Crippen LogP contribution < -0.4 is 5.32 Å². The molecule has 0 aliphatic carbocycles. The van der Waals surface area contributed by atoms with Crippen molar-refractivity contribution in [3.63, 3.8) is 0 Å². The molecule has 0 rings (SSSR count). The Bertz CT molecular complexity index is 128. The van der Waals surface area contributed by atoms with Crippen molar-refractivity contribution in [2.24, 2.45) is 0 Å². The molecule has 0 heterocycles. The Balaban J connectivity index is 3.59. The van der Waals surface area contributed by atoms with Gasteiger partial charge in [-0.2, -0.15) is 0 Å².